The Morgan fingerprint density at radius 3 is 2.62 bits per heavy atom. The van der Waals surface area contributed by atoms with Crippen LogP contribution in [0.15, 0.2) is 30.3 Å². The molecular formula is C17H16ClF2N. The third kappa shape index (κ3) is 3.09. The fraction of sp³-hybridized carbons (Fsp3) is 0.294. The summed E-state index contributed by atoms with van der Waals surface area (Å²) < 4.78 is 27.8. The number of nitrogens with one attached hydrogen (secondary N) is 1. The van der Waals surface area contributed by atoms with Crippen LogP contribution in [0.2, 0.25) is 5.02 Å². The average molecular weight is 308 g/mol. The molecule has 3 rings (SSSR count). The van der Waals surface area contributed by atoms with E-state index in [1.54, 1.807) is 31.2 Å². The first kappa shape index (κ1) is 14.5. The van der Waals surface area contributed by atoms with E-state index in [1.807, 2.05) is 6.07 Å². The van der Waals surface area contributed by atoms with Gasteiger partial charge in [0.25, 0.3) is 0 Å². The molecule has 0 atom stereocenters. The van der Waals surface area contributed by atoms with E-state index in [9.17, 15) is 8.78 Å². The molecule has 21 heavy (non-hydrogen) atoms. The predicted molar refractivity (Wildman–Crippen MR) is 81.4 cm³/mol. The van der Waals surface area contributed by atoms with Gasteiger partial charge in [-0.3, -0.25) is 0 Å². The van der Waals surface area contributed by atoms with Gasteiger partial charge >= 0.3 is 0 Å². The van der Waals surface area contributed by atoms with Gasteiger partial charge in [-0.15, -0.1) is 0 Å². The van der Waals surface area contributed by atoms with Gasteiger partial charge in [0.2, 0.25) is 0 Å². The van der Waals surface area contributed by atoms with E-state index in [0.717, 1.165) is 5.56 Å². The Balaban J connectivity index is 1.94. The summed E-state index contributed by atoms with van der Waals surface area (Å²) in [6.07, 6.45) is 2.38. The van der Waals surface area contributed by atoms with Crippen LogP contribution < -0.4 is 5.32 Å². The maximum absolute atomic E-state index is 14.1. The molecule has 0 spiro atoms. The zero-order chi connectivity index (χ0) is 15.0. The molecule has 1 N–H and O–H groups in total. The molecule has 1 aliphatic carbocycles. The molecule has 2 aromatic carbocycles. The molecule has 1 aliphatic rings. The van der Waals surface area contributed by atoms with Crippen LogP contribution in [0.4, 0.5) is 8.78 Å². The van der Waals surface area contributed by atoms with E-state index >= 15 is 0 Å². The molecule has 0 amide bonds. The van der Waals surface area contributed by atoms with E-state index in [0.29, 0.717) is 28.7 Å². The van der Waals surface area contributed by atoms with Crippen molar-refractivity contribution in [1.29, 1.82) is 0 Å². The van der Waals surface area contributed by atoms with Gasteiger partial charge in [-0.25, -0.2) is 8.78 Å². The number of hydrogen-bond acceptors (Lipinski definition) is 1. The summed E-state index contributed by atoms with van der Waals surface area (Å²) in [6.45, 7) is 2.20. The minimum Gasteiger partial charge on any atom is -0.310 e. The first-order chi connectivity index (χ1) is 10.1. The van der Waals surface area contributed by atoms with Crippen molar-refractivity contribution in [1.82, 2.24) is 5.32 Å². The molecule has 0 unspecified atom stereocenters. The molecule has 0 bridgehead atoms. The van der Waals surface area contributed by atoms with Crippen LogP contribution in [0, 0.1) is 18.6 Å². The predicted octanol–water partition coefficient (Wildman–Crippen LogP) is 4.85. The van der Waals surface area contributed by atoms with Gasteiger partial charge < -0.3 is 5.32 Å². The van der Waals surface area contributed by atoms with Gasteiger partial charge in [0.05, 0.1) is 0 Å². The van der Waals surface area contributed by atoms with Crippen LogP contribution in [0.3, 0.4) is 0 Å². The first-order valence-electron chi connectivity index (χ1n) is 7.03. The summed E-state index contributed by atoms with van der Waals surface area (Å²) >= 11 is 6.18. The lowest BCUT2D eigenvalue weighted by Crippen LogP contribution is -2.15. The van der Waals surface area contributed by atoms with Crippen LogP contribution in [-0.4, -0.2) is 6.04 Å². The zero-order valence-electron chi connectivity index (χ0n) is 11.7. The van der Waals surface area contributed by atoms with E-state index < -0.39 is 11.6 Å². The Morgan fingerprint density at radius 1 is 1.14 bits per heavy atom. The van der Waals surface area contributed by atoms with Crippen LogP contribution in [0.25, 0.3) is 11.1 Å². The van der Waals surface area contributed by atoms with E-state index in [4.69, 9.17) is 11.6 Å². The monoisotopic (exact) mass is 307 g/mol. The van der Waals surface area contributed by atoms with Crippen LogP contribution in [0.5, 0.6) is 0 Å². The van der Waals surface area contributed by atoms with Crippen molar-refractivity contribution in [3.8, 4) is 11.1 Å². The first-order valence-corrected chi connectivity index (χ1v) is 7.41. The lowest BCUT2D eigenvalue weighted by molar-refractivity contribution is 0.505. The second-order valence-corrected chi connectivity index (χ2v) is 5.93. The molecule has 0 aromatic heterocycles. The smallest absolute Gasteiger partial charge is 0.166 e. The number of rotatable bonds is 4. The lowest BCUT2D eigenvalue weighted by atomic mass is 10.0. The summed E-state index contributed by atoms with van der Waals surface area (Å²) in [6, 6.07) is 9.04. The number of halogens is 3. The Kier molecular flexibility index (Phi) is 3.96. The van der Waals surface area contributed by atoms with Gasteiger partial charge in [-0.2, -0.15) is 0 Å². The van der Waals surface area contributed by atoms with Crippen molar-refractivity contribution in [2.24, 2.45) is 0 Å². The Morgan fingerprint density at radius 2 is 1.90 bits per heavy atom. The second-order valence-electron chi connectivity index (χ2n) is 5.52. The van der Waals surface area contributed by atoms with Crippen molar-refractivity contribution >= 4 is 11.6 Å². The third-order valence-corrected chi connectivity index (χ3v) is 4.16. The second kappa shape index (κ2) is 5.74. The maximum Gasteiger partial charge on any atom is 0.166 e. The molecule has 1 nitrogen and oxygen atoms in total. The van der Waals surface area contributed by atoms with Crippen LogP contribution >= 0.6 is 11.6 Å². The minimum atomic E-state index is -0.807. The van der Waals surface area contributed by atoms with E-state index in [2.05, 4.69) is 5.32 Å². The summed E-state index contributed by atoms with van der Waals surface area (Å²) in [5.41, 5.74) is 2.12. The van der Waals surface area contributed by atoms with E-state index in [-0.39, 0.29) is 5.56 Å². The summed E-state index contributed by atoms with van der Waals surface area (Å²) in [5.74, 6) is -1.60. The van der Waals surface area contributed by atoms with Gasteiger partial charge in [0.15, 0.2) is 11.6 Å². The Labute approximate surface area is 127 Å². The fourth-order valence-corrected chi connectivity index (χ4v) is 2.47. The van der Waals surface area contributed by atoms with Crippen molar-refractivity contribution in [2.75, 3.05) is 0 Å². The highest BCUT2D eigenvalue weighted by Crippen LogP contribution is 2.30. The highest BCUT2D eigenvalue weighted by Gasteiger charge is 2.20. The van der Waals surface area contributed by atoms with Gasteiger partial charge in [-0.1, -0.05) is 29.8 Å². The van der Waals surface area contributed by atoms with Crippen LogP contribution in [-0.2, 0) is 6.54 Å². The number of benzene rings is 2. The standard InChI is InChI=1S/C17H16ClF2N/c1-10-2-6-14(17(20)16(10)19)11-3-7-15(18)12(8-11)9-21-13-4-5-13/h2-3,6-8,13,21H,4-5,9H2,1H3. The summed E-state index contributed by atoms with van der Waals surface area (Å²) in [4.78, 5) is 0. The van der Waals surface area contributed by atoms with Gasteiger partial charge in [0.1, 0.15) is 0 Å². The van der Waals surface area contributed by atoms with Crippen LogP contribution in [0.1, 0.15) is 24.0 Å². The highest BCUT2D eigenvalue weighted by atomic mass is 35.5. The molecular weight excluding hydrogens is 292 g/mol. The van der Waals surface area contributed by atoms with Gasteiger partial charge in [-0.05, 0) is 48.6 Å². The van der Waals surface area contributed by atoms with Gasteiger partial charge in [0, 0.05) is 23.2 Å². The van der Waals surface area contributed by atoms with E-state index in [1.165, 1.54) is 12.8 Å². The Bertz CT molecular complexity index is 681. The summed E-state index contributed by atoms with van der Waals surface area (Å²) in [5, 5.41) is 4.01. The lowest BCUT2D eigenvalue weighted by Gasteiger charge is -2.10. The Hall–Kier alpha value is -1.45. The minimum absolute atomic E-state index is 0.266. The molecule has 0 saturated heterocycles. The fourth-order valence-electron chi connectivity index (χ4n) is 2.29. The normalized spacial score (nSPS) is 14.5. The van der Waals surface area contributed by atoms with Crippen molar-refractivity contribution in [3.63, 3.8) is 0 Å². The molecule has 4 heteroatoms. The van der Waals surface area contributed by atoms with Crippen molar-refractivity contribution in [2.45, 2.75) is 32.4 Å². The molecule has 110 valence electrons. The SMILES string of the molecule is Cc1ccc(-c2ccc(Cl)c(CNC3CC3)c2)c(F)c1F. The molecule has 1 saturated carbocycles. The summed E-state index contributed by atoms with van der Waals surface area (Å²) in [7, 11) is 0. The zero-order valence-corrected chi connectivity index (χ0v) is 12.5. The highest BCUT2D eigenvalue weighted by molar-refractivity contribution is 6.31. The maximum atomic E-state index is 14.1. The number of aryl methyl sites for hydroxylation is 1. The quantitative estimate of drug-likeness (QED) is 0.852. The van der Waals surface area contributed by atoms with Crippen molar-refractivity contribution < 1.29 is 8.78 Å². The topological polar surface area (TPSA) is 12.0 Å². The molecule has 0 radical (unpaired) electrons. The largest absolute Gasteiger partial charge is 0.310 e. The molecule has 0 heterocycles. The third-order valence-electron chi connectivity index (χ3n) is 3.79. The van der Waals surface area contributed by atoms with Crippen molar-refractivity contribution in [3.05, 3.63) is 58.1 Å². The molecule has 0 aliphatic heterocycles. The number of hydrogen-bond donors (Lipinski definition) is 1. The molecule has 1 fully saturated rings. The molecule has 2 aromatic rings. The average Bonchev–Trinajstić information content (AvgIpc) is 3.29.